The molecule has 0 aliphatic rings. The number of rotatable bonds is 7. The van der Waals surface area contributed by atoms with Crippen LogP contribution in [-0.2, 0) is 14.8 Å². The molecule has 1 aromatic rings. The molecule has 0 heterocycles. The Hall–Kier alpha value is -1.44. The number of sulfonamides is 1. The molecule has 0 radical (unpaired) electrons. The van der Waals surface area contributed by atoms with Gasteiger partial charge in [-0.25, -0.2) is 13.1 Å². The first-order chi connectivity index (χ1) is 9.81. The average molecular weight is 313 g/mol. The number of carbonyl (C=O) groups is 1. The second kappa shape index (κ2) is 7.53. The molecule has 7 heteroatoms. The van der Waals surface area contributed by atoms with Gasteiger partial charge >= 0.3 is 0 Å². The fourth-order valence-corrected chi connectivity index (χ4v) is 2.93. The third-order valence-electron chi connectivity index (χ3n) is 3.24. The minimum atomic E-state index is -3.69. The van der Waals surface area contributed by atoms with Crippen molar-refractivity contribution in [3.05, 3.63) is 29.8 Å². The van der Waals surface area contributed by atoms with Gasteiger partial charge in [-0.3, -0.25) is 4.79 Å². The van der Waals surface area contributed by atoms with Crippen LogP contribution in [0.3, 0.4) is 0 Å². The topological polar surface area (TPSA) is 78.5 Å². The van der Waals surface area contributed by atoms with E-state index >= 15 is 0 Å². The quantitative estimate of drug-likeness (QED) is 0.777. The summed E-state index contributed by atoms with van der Waals surface area (Å²) in [5.74, 6) is -0.295. The maximum absolute atomic E-state index is 12.2. The maximum atomic E-state index is 12.2. The molecule has 0 aliphatic carbocycles. The first kappa shape index (κ1) is 17.6. The second-order valence-electron chi connectivity index (χ2n) is 4.93. The van der Waals surface area contributed by atoms with E-state index in [0.29, 0.717) is 0 Å². The van der Waals surface area contributed by atoms with Crippen molar-refractivity contribution < 1.29 is 13.2 Å². The number of likely N-dealkylation sites (N-methyl/N-ethyl adjacent to an activating group) is 1. The molecule has 1 amide bonds. The van der Waals surface area contributed by atoms with E-state index in [0.717, 1.165) is 12.0 Å². The average Bonchev–Trinajstić information content (AvgIpc) is 2.46. The van der Waals surface area contributed by atoms with Gasteiger partial charge in [-0.05, 0) is 31.2 Å². The third kappa shape index (κ3) is 4.80. The van der Waals surface area contributed by atoms with E-state index in [1.807, 2.05) is 20.0 Å². The predicted octanol–water partition coefficient (Wildman–Crippen LogP) is 0.724. The summed E-state index contributed by atoms with van der Waals surface area (Å²) in [6.45, 7) is 1.78. The van der Waals surface area contributed by atoms with Crippen LogP contribution in [0.5, 0.6) is 0 Å². The Morgan fingerprint density at radius 2 is 2.00 bits per heavy atom. The molecule has 0 saturated carbocycles. The van der Waals surface area contributed by atoms with Gasteiger partial charge in [-0.1, -0.05) is 19.1 Å². The van der Waals surface area contributed by atoms with Crippen LogP contribution < -0.4 is 10.0 Å². The van der Waals surface area contributed by atoms with Crippen molar-refractivity contribution in [2.45, 2.75) is 24.3 Å². The number of hydrogen-bond acceptors (Lipinski definition) is 4. The molecular weight excluding hydrogens is 290 g/mol. The van der Waals surface area contributed by atoms with E-state index in [1.54, 1.807) is 26.2 Å². The molecular formula is C14H23N3O3S. The van der Waals surface area contributed by atoms with Gasteiger partial charge in [0.1, 0.15) is 0 Å². The minimum Gasteiger partial charge on any atom is -0.348 e. The van der Waals surface area contributed by atoms with Gasteiger partial charge in [-0.2, -0.15) is 0 Å². The van der Waals surface area contributed by atoms with E-state index < -0.39 is 10.0 Å². The Labute approximate surface area is 126 Å². The Balaban J connectivity index is 2.93. The summed E-state index contributed by atoms with van der Waals surface area (Å²) in [6.07, 6.45) is 0.854. The normalized spacial score (nSPS) is 13.0. The SMILES string of the molecule is CCC(NC)c1cccc(S(=O)(=O)NCC(=O)N(C)C)c1. The highest BCUT2D eigenvalue weighted by Gasteiger charge is 2.17. The van der Waals surface area contributed by atoms with Crippen molar-refractivity contribution in [2.75, 3.05) is 27.7 Å². The van der Waals surface area contributed by atoms with Crippen LogP contribution in [-0.4, -0.2) is 46.9 Å². The zero-order valence-corrected chi connectivity index (χ0v) is 13.7. The monoisotopic (exact) mass is 313 g/mol. The molecule has 6 nitrogen and oxygen atoms in total. The van der Waals surface area contributed by atoms with Gasteiger partial charge < -0.3 is 10.2 Å². The third-order valence-corrected chi connectivity index (χ3v) is 4.64. The number of nitrogens with one attached hydrogen (secondary N) is 2. The molecule has 0 fully saturated rings. The second-order valence-corrected chi connectivity index (χ2v) is 6.70. The summed E-state index contributed by atoms with van der Waals surface area (Å²) in [7, 11) is 1.31. The van der Waals surface area contributed by atoms with Crippen molar-refractivity contribution in [1.82, 2.24) is 14.9 Å². The molecule has 1 rings (SSSR count). The Morgan fingerprint density at radius 3 is 2.52 bits per heavy atom. The van der Waals surface area contributed by atoms with Gasteiger partial charge in [0.05, 0.1) is 11.4 Å². The lowest BCUT2D eigenvalue weighted by atomic mass is 10.1. The summed E-state index contributed by atoms with van der Waals surface area (Å²) in [5, 5.41) is 3.14. The van der Waals surface area contributed by atoms with Crippen LogP contribution in [0.2, 0.25) is 0 Å². The lowest BCUT2D eigenvalue weighted by Crippen LogP contribution is -2.36. The van der Waals surface area contributed by atoms with Crippen LogP contribution in [0, 0.1) is 0 Å². The van der Waals surface area contributed by atoms with Crippen molar-refractivity contribution in [3.8, 4) is 0 Å². The Bertz CT molecular complexity index is 581. The van der Waals surface area contributed by atoms with Gasteiger partial charge in [0.25, 0.3) is 0 Å². The molecule has 1 unspecified atom stereocenters. The summed E-state index contributed by atoms with van der Waals surface area (Å²) < 4.78 is 26.7. The van der Waals surface area contributed by atoms with E-state index in [9.17, 15) is 13.2 Å². The summed E-state index contributed by atoms with van der Waals surface area (Å²) in [4.78, 5) is 13.0. The number of carbonyl (C=O) groups excluding carboxylic acids is 1. The fourth-order valence-electron chi connectivity index (χ4n) is 1.90. The summed E-state index contributed by atoms with van der Waals surface area (Å²) in [6, 6.07) is 6.84. The molecule has 0 bridgehead atoms. The standard InChI is InChI=1S/C14H23N3O3S/c1-5-13(15-2)11-7-6-8-12(9-11)21(19,20)16-10-14(18)17(3)4/h6-9,13,15-16H,5,10H2,1-4H3. The van der Waals surface area contributed by atoms with E-state index in [-0.39, 0.29) is 23.4 Å². The molecule has 0 aliphatic heterocycles. The van der Waals surface area contributed by atoms with Crippen LogP contribution in [0.1, 0.15) is 24.9 Å². The van der Waals surface area contributed by atoms with E-state index in [2.05, 4.69) is 10.0 Å². The van der Waals surface area contributed by atoms with Crippen LogP contribution >= 0.6 is 0 Å². The van der Waals surface area contributed by atoms with E-state index in [4.69, 9.17) is 0 Å². The highest BCUT2D eigenvalue weighted by atomic mass is 32.2. The Morgan fingerprint density at radius 1 is 1.33 bits per heavy atom. The number of benzene rings is 1. The van der Waals surface area contributed by atoms with Crippen molar-refractivity contribution in [2.24, 2.45) is 0 Å². The summed E-state index contributed by atoms with van der Waals surface area (Å²) >= 11 is 0. The lowest BCUT2D eigenvalue weighted by Gasteiger charge is -2.16. The highest BCUT2D eigenvalue weighted by molar-refractivity contribution is 7.89. The van der Waals surface area contributed by atoms with Gasteiger partial charge in [-0.15, -0.1) is 0 Å². The first-order valence-corrected chi connectivity index (χ1v) is 8.27. The fraction of sp³-hybridized carbons (Fsp3) is 0.500. The highest BCUT2D eigenvalue weighted by Crippen LogP contribution is 2.19. The van der Waals surface area contributed by atoms with Gasteiger partial charge in [0, 0.05) is 20.1 Å². The molecule has 2 N–H and O–H groups in total. The number of hydrogen-bond donors (Lipinski definition) is 2. The van der Waals surface area contributed by atoms with Crippen LogP contribution in [0.4, 0.5) is 0 Å². The molecule has 0 aromatic heterocycles. The van der Waals surface area contributed by atoms with Gasteiger partial charge in [0.15, 0.2) is 0 Å². The zero-order valence-electron chi connectivity index (χ0n) is 12.9. The van der Waals surface area contributed by atoms with E-state index in [1.165, 1.54) is 11.0 Å². The van der Waals surface area contributed by atoms with Crippen molar-refractivity contribution >= 4 is 15.9 Å². The number of nitrogens with zero attached hydrogens (tertiary/aromatic N) is 1. The largest absolute Gasteiger partial charge is 0.348 e. The molecule has 118 valence electrons. The number of amides is 1. The molecule has 1 aromatic carbocycles. The molecule has 0 spiro atoms. The van der Waals surface area contributed by atoms with Crippen molar-refractivity contribution in [3.63, 3.8) is 0 Å². The van der Waals surface area contributed by atoms with Gasteiger partial charge in [0.2, 0.25) is 15.9 Å². The maximum Gasteiger partial charge on any atom is 0.241 e. The minimum absolute atomic E-state index is 0.101. The molecule has 21 heavy (non-hydrogen) atoms. The zero-order chi connectivity index (χ0) is 16.0. The predicted molar refractivity (Wildman–Crippen MR) is 82.4 cm³/mol. The first-order valence-electron chi connectivity index (χ1n) is 6.78. The van der Waals surface area contributed by atoms with Crippen LogP contribution in [0.25, 0.3) is 0 Å². The Kier molecular flexibility index (Phi) is 6.32. The smallest absolute Gasteiger partial charge is 0.241 e. The molecule has 1 atom stereocenters. The molecule has 0 saturated heterocycles. The van der Waals surface area contributed by atoms with Crippen molar-refractivity contribution in [1.29, 1.82) is 0 Å². The lowest BCUT2D eigenvalue weighted by molar-refractivity contribution is -0.127. The van der Waals surface area contributed by atoms with Crippen LogP contribution in [0.15, 0.2) is 29.2 Å². The summed E-state index contributed by atoms with van der Waals surface area (Å²) in [5.41, 5.74) is 0.904.